The third-order valence-corrected chi connectivity index (χ3v) is 7.70. The van der Waals surface area contributed by atoms with Crippen molar-refractivity contribution < 1.29 is 0 Å². The van der Waals surface area contributed by atoms with Crippen LogP contribution in [0.25, 0.3) is 22.3 Å². The summed E-state index contributed by atoms with van der Waals surface area (Å²) in [6.07, 6.45) is 0.911. The van der Waals surface area contributed by atoms with E-state index >= 15 is 0 Å². The first kappa shape index (κ1) is 19.4. The molecule has 0 bridgehead atoms. The quantitative estimate of drug-likeness (QED) is 0.279. The van der Waals surface area contributed by atoms with Crippen molar-refractivity contribution in [3.63, 3.8) is 0 Å². The lowest BCUT2D eigenvalue weighted by Gasteiger charge is -2.30. The number of fused-ring (bicyclic) bond motifs is 10. The molecule has 0 radical (unpaired) electrons. The van der Waals surface area contributed by atoms with Crippen LogP contribution in [0, 0.1) is 6.92 Å². The lowest BCUT2D eigenvalue weighted by molar-refractivity contribution is 0.793. The molecule has 0 aromatic heterocycles. The predicted octanol–water partition coefficient (Wildman–Crippen LogP) is 7.51. The molecule has 1 heteroatoms. The number of nitrogen functional groups attached to an aromatic ring is 1. The topological polar surface area (TPSA) is 26.0 Å². The molecule has 2 N–H and O–H groups in total. The first-order valence-corrected chi connectivity index (χ1v) is 12.0. The fraction of sp³-hybridized carbons (Fsp3) is 0.0909. The van der Waals surface area contributed by atoms with E-state index in [1.165, 1.54) is 61.2 Å². The number of rotatable bonds is 2. The normalized spacial score (nSPS) is 13.9. The summed E-state index contributed by atoms with van der Waals surface area (Å²) in [5.74, 6) is 0. The van der Waals surface area contributed by atoms with E-state index in [2.05, 4.69) is 116 Å². The Morgan fingerprint density at radius 3 is 2.00 bits per heavy atom. The second-order valence-corrected chi connectivity index (χ2v) is 9.65. The molecule has 7 rings (SSSR count). The van der Waals surface area contributed by atoms with Crippen LogP contribution in [0.4, 0.5) is 5.69 Å². The summed E-state index contributed by atoms with van der Waals surface area (Å²) in [5, 5.41) is 0. The van der Waals surface area contributed by atoms with Crippen molar-refractivity contribution in [2.24, 2.45) is 0 Å². The highest BCUT2D eigenvalue weighted by molar-refractivity contribution is 5.96. The van der Waals surface area contributed by atoms with Gasteiger partial charge in [-0.1, -0.05) is 103 Å². The van der Waals surface area contributed by atoms with Crippen molar-refractivity contribution in [3.05, 3.63) is 148 Å². The smallest absolute Gasteiger partial charge is 0.0726 e. The third kappa shape index (κ3) is 2.44. The van der Waals surface area contributed by atoms with Crippen molar-refractivity contribution in [1.29, 1.82) is 0 Å². The number of hydrogen-bond donors (Lipinski definition) is 1. The Bertz CT molecular complexity index is 1560. The molecule has 0 saturated heterocycles. The van der Waals surface area contributed by atoms with Gasteiger partial charge in [-0.3, -0.25) is 0 Å². The van der Waals surface area contributed by atoms with Gasteiger partial charge in [0.15, 0.2) is 0 Å². The molecule has 0 saturated carbocycles. The van der Waals surface area contributed by atoms with E-state index in [1.54, 1.807) is 0 Å². The lowest BCUT2D eigenvalue weighted by Crippen LogP contribution is -2.26. The van der Waals surface area contributed by atoms with Crippen molar-refractivity contribution in [2.75, 3.05) is 5.73 Å². The molecule has 1 nitrogen and oxygen atoms in total. The summed E-state index contributed by atoms with van der Waals surface area (Å²) < 4.78 is 0. The lowest BCUT2D eigenvalue weighted by atomic mass is 9.70. The number of anilines is 1. The molecule has 0 atom stereocenters. The molecule has 2 aliphatic carbocycles. The van der Waals surface area contributed by atoms with Crippen LogP contribution in [0.3, 0.4) is 0 Å². The molecule has 162 valence electrons. The Balaban J connectivity index is 1.58. The SMILES string of the molecule is Cc1cccc(Cc2cccc3c2-c2ccc(N)cc2C32c3ccccc3-c3ccccc32)c1. The molecular formula is C33H25N. The average Bonchev–Trinajstić information content (AvgIpc) is 3.32. The number of hydrogen-bond acceptors (Lipinski definition) is 1. The van der Waals surface area contributed by atoms with E-state index in [9.17, 15) is 0 Å². The van der Waals surface area contributed by atoms with E-state index in [4.69, 9.17) is 5.73 Å². The van der Waals surface area contributed by atoms with Crippen LogP contribution < -0.4 is 5.73 Å². The molecule has 5 aromatic carbocycles. The van der Waals surface area contributed by atoms with Gasteiger partial charge in [-0.15, -0.1) is 0 Å². The fourth-order valence-electron chi connectivity index (χ4n) is 6.47. The summed E-state index contributed by atoms with van der Waals surface area (Å²) in [7, 11) is 0. The van der Waals surface area contributed by atoms with Crippen LogP contribution in [0.1, 0.15) is 38.9 Å². The maximum Gasteiger partial charge on any atom is 0.0726 e. The maximum absolute atomic E-state index is 6.43. The van der Waals surface area contributed by atoms with Gasteiger partial charge in [0.1, 0.15) is 0 Å². The zero-order valence-electron chi connectivity index (χ0n) is 19.2. The molecule has 0 fully saturated rings. The van der Waals surface area contributed by atoms with E-state index in [-0.39, 0.29) is 5.41 Å². The Labute approximate surface area is 200 Å². The summed E-state index contributed by atoms with van der Waals surface area (Å²) in [5.41, 5.74) is 21.6. The molecular weight excluding hydrogens is 410 g/mol. The van der Waals surface area contributed by atoms with Gasteiger partial charge in [0.25, 0.3) is 0 Å². The van der Waals surface area contributed by atoms with Crippen molar-refractivity contribution in [1.82, 2.24) is 0 Å². The molecule has 34 heavy (non-hydrogen) atoms. The van der Waals surface area contributed by atoms with Crippen molar-refractivity contribution in [3.8, 4) is 22.3 Å². The van der Waals surface area contributed by atoms with Crippen LogP contribution in [0.5, 0.6) is 0 Å². The minimum atomic E-state index is -0.337. The second kappa shape index (κ2) is 6.95. The summed E-state index contributed by atoms with van der Waals surface area (Å²) in [4.78, 5) is 0. The van der Waals surface area contributed by atoms with Gasteiger partial charge in [0.2, 0.25) is 0 Å². The summed E-state index contributed by atoms with van der Waals surface area (Å²) in [6.45, 7) is 2.17. The molecule has 0 aliphatic heterocycles. The van der Waals surface area contributed by atoms with Crippen molar-refractivity contribution in [2.45, 2.75) is 18.8 Å². The minimum Gasteiger partial charge on any atom is -0.399 e. The van der Waals surface area contributed by atoms with Gasteiger partial charge in [-0.25, -0.2) is 0 Å². The van der Waals surface area contributed by atoms with Crippen molar-refractivity contribution >= 4 is 5.69 Å². The van der Waals surface area contributed by atoms with E-state index < -0.39 is 0 Å². The molecule has 1 spiro atoms. The molecule has 5 aromatic rings. The second-order valence-electron chi connectivity index (χ2n) is 9.65. The number of nitrogens with two attached hydrogens (primary N) is 1. The average molecular weight is 436 g/mol. The Morgan fingerprint density at radius 2 is 1.26 bits per heavy atom. The highest BCUT2D eigenvalue weighted by Gasteiger charge is 2.51. The van der Waals surface area contributed by atoms with Crippen LogP contribution in [0.15, 0.2) is 109 Å². The third-order valence-electron chi connectivity index (χ3n) is 7.70. The van der Waals surface area contributed by atoms with Gasteiger partial charge >= 0.3 is 0 Å². The summed E-state index contributed by atoms with van der Waals surface area (Å²) in [6, 6.07) is 40.0. The minimum absolute atomic E-state index is 0.337. The standard InChI is InChI=1S/C33H25N/c1-21-8-6-9-22(18-21)19-23-10-7-15-30-32(23)27-17-16-24(34)20-31(27)33(30)28-13-4-2-11-25(28)26-12-3-5-14-29(26)33/h2-18,20H,19,34H2,1H3. The van der Waals surface area contributed by atoms with Gasteiger partial charge in [-0.05, 0) is 81.1 Å². The predicted molar refractivity (Wildman–Crippen MR) is 141 cm³/mol. The highest BCUT2D eigenvalue weighted by atomic mass is 14.6. The maximum atomic E-state index is 6.43. The Morgan fingerprint density at radius 1 is 0.588 bits per heavy atom. The zero-order chi connectivity index (χ0) is 22.9. The molecule has 0 heterocycles. The van der Waals surface area contributed by atoms with Gasteiger partial charge in [-0.2, -0.15) is 0 Å². The number of benzene rings is 5. The van der Waals surface area contributed by atoms with Crippen LogP contribution in [-0.4, -0.2) is 0 Å². The molecule has 2 aliphatic rings. The van der Waals surface area contributed by atoms with Crippen LogP contribution in [0.2, 0.25) is 0 Å². The zero-order valence-corrected chi connectivity index (χ0v) is 19.2. The fourth-order valence-corrected chi connectivity index (χ4v) is 6.47. The van der Waals surface area contributed by atoms with E-state index in [0.717, 1.165) is 12.1 Å². The first-order valence-electron chi connectivity index (χ1n) is 12.0. The van der Waals surface area contributed by atoms with Gasteiger partial charge < -0.3 is 5.73 Å². The number of aryl methyl sites for hydroxylation is 1. The van der Waals surface area contributed by atoms with Crippen LogP contribution >= 0.6 is 0 Å². The van der Waals surface area contributed by atoms with Gasteiger partial charge in [0, 0.05) is 5.69 Å². The summed E-state index contributed by atoms with van der Waals surface area (Å²) >= 11 is 0. The van der Waals surface area contributed by atoms with E-state index in [1.807, 2.05) is 0 Å². The first-order chi connectivity index (χ1) is 16.7. The Hall–Kier alpha value is -4.10. The molecule has 0 unspecified atom stereocenters. The highest BCUT2D eigenvalue weighted by Crippen LogP contribution is 2.63. The monoisotopic (exact) mass is 435 g/mol. The largest absolute Gasteiger partial charge is 0.399 e. The van der Waals surface area contributed by atoms with Gasteiger partial charge in [0.05, 0.1) is 5.41 Å². The molecule has 0 amide bonds. The Kier molecular flexibility index (Phi) is 3.96. The van der Waals surface area contributed by atoms with Crippen LogP contribution in [-0.2, 0) is 11.8 Å². The van der Waals surface area contributed by atoms with E-state index in [0.29, 0.717) is 0 Å².